The maximum Gasteiger partial charge on any atom is 0.441 e. The number of hydrogen-bond donors (Lipinski definition) is 0. The van der Waals surface area contributed by atoms with Crippen molar-refractivity contribution >= 4 is 29.3 Å². The molecule has 2 aromatic heterocycles. The van der Waals surface area contributed by atoms with Crippen LogP contribution < -0.4 is 4.74 Å². The number of carbonyl (C=O) groups excluding carboxylic acids is 1. The quantitative estimate of drug-likeness (QED) is 0.692. The van der Waals surface area contributed by atoms with Crippen molar-refractivity contribution in [2.24, 2.45) is 0 Å². The van der Waals surface area contributed by atoms with Gasteiger partial charge in [-0.1, -0.05) is 29.3 Å². The number of nitrogens with zero attached hydrogens (tertiary/aromatic N) is 4. The SMILES string of the molecule is Cc1cc(OC(=O)n2cccn2)n(C(C)c2ccc(Cl)c(Cl)c2)n1. The lowest BCUT2D eigenvalue weighted by Crippen LogP contribution is -2.20. The summed E-state index contributed by atoms with van der Waals surface area (Å²) >= 11 is 12.0. The molecule has 0 saturated carbocycles. The Bertz CT molecular complexity index is 874. The van der Waals surface area contributed by atoms with Gasteiger partial charge in [0.1, 0.15) is 0 Å². The molecule has 0 radical (unpaired) electrons. The molecular formula is C16H14Cl2N4O2. The van der Waals surface area contributed by atoms with Gasteiger partial charge >= 0.3 is 6.09 Å². The van der Waals surface area contributed by atoms with Crippen LogP contribution in [0.15, 0.2) is 42.7 Å². The highest BCUT2D eigenvalue weighted by molar-refractivity contribution is 6.42. The Morgan fingerprint density at radius 3 is 2.71 bits per heavy atom. The van der Waals surface area contributed by atoms with Crippen molar-refractivity contribution in [1.82, 2.24) is 19.6 Å². The fourth-order valence-corrected chi connectivity index (χ4v) is 2.58. The van der Waals surface area contributed by atoms with Gasteiger partial charge in [-0.25, -0.2) is 9.48 Å². The molecule has 0 aliphatic heterocycles. The molecular weight excluding hydrogens is 351 g/mol. The zero-order chi connectivity index (χ0) is 17.3. The Morgan fingerprint density at radius 2 is 2.04 bits per heavy atom. The lowest BCUT2D eigenvalue weighted by atomic mass is 10.1. The summed E-state index contributed by atoms with van der Waals surface area (Å²) in [7, 11) is 0. The standard InChI is InChI=1S/C16H14Cl2N4O2/c1-10-8-15(24-16(23)21-7-3-6-19-21)22(20-10)11(2)12-4-5-13(17)14(18)9-12/h3-9,11H,1-2H3. The minimum atomic E-state index is -0.609. The second kappa shape index (κ2) is 6.67. The molecule has 2 heterocycles. The van der Waals surface area contributed by atoms with E-state index in [9.17, 15) is 4.79 Å². The number of carbonyl (C=O) groups is 1. The van der Waals surface area contributed by atoms with Gasteiger partial charge in [-0.2, -0.15) is 14.9 Å². The summed E-state index contributed by atoms with van der Waals surface area (Å²) in [6.07, 6.45) is 2.41. The number of hydrogen-bond acceptors (Lipinski definition) is 4. The number of benzene rings is 1. The molecule has 8 heteroatoms. The van der Waals surface area contributed by atoms with Gasteiger partial charge in [-0.05, 0) is 37.6 Å². The third-order valence-electron chi connectivity index (χ3n) is 3.50. The van der Waals surface area contributed by atoms with Crippen molar-refractivity contribution in [3.8, 4) is 5.88 Å². The summed E-state index contributed by atoms with van der Waals surface area (Å²) in [4.78, 5) is 12.1. The van der Waals surface area contributed by atoms with Gasteiger partial charge < -0.3 is 4.74 Å². The van der Waals surface area contributed by atoms with E-state index in [4.69, 9.17) is 27.9 Å². The van der Waals surface area contributed by atoms with Gasteiger partial charge in [-0.3, -0.25) is 0 Å². The molecule has 6 nitrogen and oxygen atoms in total. The second-order valence-corrected chi connectivity index (χ2v) is 6.05. The number of rotatable bonds is 3. The Kier molecular flexibility index (Phi) is 4.59. The molecule has 0 N–H and O–H groups in total. The van der Waals surface area contributed by atoms with Crippen molar-refractivity contribution < 1.29 is 9.53 Å². The topological polar surface area (TPSA) is 61.9 Å². The first-order valence-electron chi connectivity index (χ1n) is 7.18. The van der Waals surface area contributed by atoms with Crippen LogP contribution in [-0.2, 0) is 0 Å². The molecule has 0 saturated heterocycles. The molecule has 24 heavy (non-hydrogen) atoms. The normalized spacial score (nSPS) is 12.2. The van der Waals surface area contributed by atoms with E-state index in [-0.39, 0.29) is 6.04 Å². The second-order valence-electron chi connectivity index (χ2n) is 5.24. The third kappa shape index (κ3) is 3.29. The Balaban J connectivity index is 1.90. The van der Waals surface area contributed by atoms with Crippen LogP contribution in [0.5, 0.6) is 5.88 Å². The van der Waals surface area contributed by atoms with Crippen LogP contribution in [0.2, 0.25) is 10.0 Å². The Morgan fingerprint density at radius 1 is 1.25 bits per heavy atom. The van der Waals surface area contributed by atoms with Crippen LogP contribution >= 0.6 is 23.2 Å². The van der Waals surface area contributed by atoms with Gasteiger partial charge in [0, 0.05) is 18.5 Å². The molecule has 1 atom stereocenters. The fourth-order valence-electron chi connectivity index (χ4n) is 2.27. The summed E-state index contributed by atoms with van der Waals surface area (Å²) in [5.74, 6) is 0.326. The number of aryl methyl sites for hydroxylation is 1. The van der Waals surface area contributed by atoms with Crippen LogP contribution in [0.25, 0.3) is 0 Å². The molecule has 0 aliphatic rings. The molecule has 0 aliphatic carbocycles. The number of ether oxygens (including phenoxy) is 1. The summed E-state index contributed by atoms with van der Waals surface area (Å²) < 4.78 is 8.14. The first-order valence-corrected chi connectivity index (χ1v) is 7.94. The average Bonchev–Trinajstić information content (AvgIpc) is 3.19. The van der Waals surface area contributed by atoms with E-state index < -0.39 is 6.09 Å². The molecule has 0 spiro atoms. The minimum Gasteiger partial charge on any atom is -0.390 e. The number of halogens is 2. The lowest BCUT2D eigenvalue weighted by Gasteiger charge is -2.16. The zero-order valence-corrected chi connectivity index (χ0v) is 14.5. The molecule has 3 aromatic rings. The van der Waals surface area contributed by atoms with Crippen LogP contribution in [0.1, 0.15) is 24.2 Å². The minimum absolute atomic E-state index is 0.200. The highest BCUT2D eigenvalue weighted by atomic mass is 35.5. The van der Waals surface area contributed by atoms with Crippen molar-refractivity contribution in [2.45, 2.75) is 19.9 Å². The van der Waals surface area contributed by atoms with Crippen molar-refractivity contribution in [3.05, 3.63) is 64.0 Å². The molecule has 1 unspecified atom stereocenters. The van der Waals surface area contributed by atoms with Crippen molar-refractivity contribution in [1.29, 1.82) is 0 Å². The molecule has 1 aromatic carbocycles. The van der Waals surface area contributed by atoms with E-state index in [0.29, 0.717) is 15.9 Å². The van der Waals surface area contributed by atoms with E-state index in [2.05, 4.69) is 10.2 Å². The zero-order valence-electron chi connectivity index (χ0n) is 13.0. The smallest absolute Gasteiger partial charge is 0.390 e. The molecule has 0 fully saturated rings. The van der Waals surface area contributed by atoms with Gasteiger partial charge in [0.05, 0.1) is 21.8 Å². The highest BCUT2D eigenvalue weighted by Gasteiger charge is 2.19. The monoisotopic (exact) mass is 364 g/mol. The average molecular weight is 365 g/mol. The maximum atomic E-state index is 12.1. The Hall–Kier alpha value is -2.31. The van der Waals surface area contributed by atoms with E-state index in [0.717, 1.165) is 15.9 Å². The van der Waals surface area contributed by atoms with Crippen LogP contribution in [-0.4, -0.2) is 25.7 Å². The maximum absolute atomic E-state index is 12.1. The Labute approximate surface area is 148 Å². The molecule has 0 amide bonds. The first-order chi connectivity index (χ1) is 11.5. The van der Waals surface area contributed by atoms with Crippen molar-refractivity contribution in [3.63, 3.8) is 0 Å². The van der Waals surface area contributed by atoms with Crippen LogP contribution in [0.3, 0.4) is 0 Å². The molecule has 124 valence electrons. The van der Waals surface area contributed by atoms with Gasteiger partial charge in [0.2, 0.25) is 5.88 Å². The predicted molar refractivity (Wildman–Crippen MR) is 90.9 cm³/mol. The summed E-state index contributed by atoms with van der Waals surface area (Å²) in [5, 5.41) is 9.20. The van der Waals surface area contributed by atoms with E-state index in [1.807, 2.05) is 19.9 Å². The van der Waals surface area contributed by atoms with Gasteiger partial charge in [-0.15, -0.1) is 0 Å². The molecule has 0 bridgehead atoms. The van der Waals surface area contributed by atoms with Gasteiger partial charge in [0.25, 0.3) is 0 Å². The fraction of sp³-hybridized carbons (Fsp3) is 0.188. The van der Waals surface area contributed by atoms with E-state index in [1.165, 1.54) is 12.4 Å². The lowest BCUT2D eigenvalue weighted by molar-refractivity contribution is 0.193. The number of aromatic nitrogens is 4. The summed E-state index contributed by atoms with van der Waals surface area (Å²) in [6, 6.07) is 8.48. The van der Waals surface area contributed by atoms with E-state index >= 15 is 0 Å². The molecule has 3 rings (SSSR count). The van der Waals surface area contributed by atoms with Crippen LogP contribution in [0.4, 0.5) is 4.79 Å². The predicted octanol–water partition coefficient (Wildman–Crippen LogP) is 4.35. The largest absolute Gasteiger partial charge is 0.441 e. The van der Waals surface area contributed by atoms with Crippen molar-refractivity contribution in [2.75, 3.05) is 0 Å². The highest BCUT2D eigenvalue weighted by Crippen LogP contribution is 2.29. The summed E-state index contributed by atoms with van der Waals surface area (Å²) in [5.41, 5.74) is 1.62. The van der Waals surface area contributed by atoms with Gasteiger partial charge in [0.15, 0.2) is 0 Å². The van der Waals surface area contributed by atoms with Crippen LogP contribution in [0, 0.1) is 6.92 Å². The summed E-state index contributed by atoms with van der Waals surface area (Å²) in [6.45, 7) is 3.75. The van der Waals surface area contributed by atoms with E-state index in [1.54, 1.807) is 28.9 Å². The first kappa shape index (κ1) is 16.5. The third-order valence-corrected chi connectivity index (χ3v) is 4.24.